The number of hydrogen-bond donors (Lipinski definition) is 1. The molecule has 0 spiro atoms. The van der Waals surface area contributed by atoms with Crippen LogP contribution in [0.1, 0.15) is 67.6 Å². The van der Waals surface area contributed by atoms with Crippen LogP contribution >= 0.6 is 11.3 Å². The monoisotopic (exact) mass is 421 g/mol. The molecule has 1 aromatic rings. The molecule has 2 aliphatic rings. The highest BCUT2D eigenvalue weighted by Gasteiger charge is 2.33. The number of alkyl halides is 2. The Bertz CT molecular complexity index is 881. The second-order valence-electron chi connectivity index (χ2n) is 7.29. The second-order valence-corrected chi connectivity index (χ2v) is 8.17. The molecule has 0 aromatic carbocycles. The largest absolute Gasteiger partial charge is 0.384 e. The van der Waals surface area contributed by atoms with Gasteiger partial charge in [0.25, 0.3) is 0 Å². The van der Waals surface area contributed by atoms with Crippen molar-refractivity contribution in [1.29, 1.82) is 0 Å². The second kappa shape index (κ2) is 9.72. The van der Waals surface area contributed by atoms with Crippen LogP contribution in [0.25, 0.3) is 5.57 Å². The predicted octanol–water partition coefficient (Wildman–Crippen LogP) is 6.92. The molecule has 156 valence electrons. The summed E-state index contributed by atoms with van der Waals surface area (Å²) in [6, 6.07) is 0. The molecule has 1 aromatic heterocycles. The summed E-state index contributed by atoms with van der Waals surface area (Å²) in [7, 11) is 0. The molecule has 0 amide bonds. The van der Waals surface area contributed by atoms with E-state index in [1.54, 1.807) is 30.8 Å². The summed E-state index contributed by atoms with van der Waals surface area (Å²) in [5, 5.41) is 12.9. The van der Waals surface area contributed by atoms with Gasteiger partial charge in [0.1, 0.15) is 24.3 Å². The topological polar surface area (TPSA) is 32.6 Å². The van der Waals surface area contributed by atoms with Crippen molar-refractivity contribution in [2.75, 3.05) is 0 Å². The van der Waals surface area contributed by atoms with E-state index in [4.69, 9.17) is 0 Å². The van der Waals surface area contributed by atoms with E-state index in [2.05, 4.69) is 4.99 Å². The fourth-order valence-electron chi connectivity index (χ4n) is 3.80. The Morgan fingerprint density at radius 1 is 1.45 bits per heavy atom. The minimum absolute atomic E-state index is 0.363. The molecular weight excluding hydrogens is 395 g/mol. The number of halogens is 3. The van der Waals surface area contributed by atoms with Crippen molar-refractivity contribution in [1.82, 2.24) is 0 Å². The van der Waals surface area contributed by atoms with Gasteiger partial charge in [0, 0.05) is 28.8 Å². The van der Waals surface area contributed by atoms with Crippen molar-refractivity contribution in [3.05, 3.63) is 63.3 Å². The Labute approximate surface area is 173 Å². The number of nitrogens with zero attached hydrogens (tertiary/aromatic N) is 1. The highest BCUT2D eigenvalue weighted by atomic mass is 32.1. The minimum atomic E-state index is -1.41. The lowest BCUT2D eigenvalue weighted by molar-refractivity contribution is 0.208. The Morgan fingerprint density at radius 2 is 2.24 bits per heavy atom. The van der Waals surface area contributed by atoms with Crippen molar-refractivity contribution in [3.63, 3.8) is 0 Å². The number of rotatable bonds is 7. The van der Waals surface area contributed by atoms with Crippen LogP contribution in [0.2, 0.25) is 0 Å². The molecule has 0 fully saturated rings. The molecule has 1 aliphatic heterocycles. The van der Waals surface area contributed by atoms with E-state index < -0.39 is 30.2 Å². The van der Waals surface area contributed by atoms with Crippen LogP contribution in [0.3, 0.4) is 0 Å². The predicted molar refractivity (Wildman–Crippen MR) is 115 cm³/mol. The highest BCUT2D eigenvalue weighted by molar-refractivity contribution is 7.11. The van der Waals surface area contributed by atoms with Gasteiger partial charge in [-0.15, -0.1) is 11.3 Å². The van der Waals surface area contributed by atoms with E-state index in [1.807, 2.05) is 6.92 Å². The number of aliphatic hydroxyl groups excluding tert-OH is 1. The van der Waals surface area contributed by atoms with Crippen LogP contribution in [0.15, 0.2) is 52.3 Å². The van der Waals surface area contributed by atoms with Crippen LogP contribution in [0, 0.1) is 0 Å². The molecule has 1 N–H and O–H groups in total. The summed E-state index contributed by atoms with van der Waals surface area (Å²) in [4.78, 5) is 4.73. The first kappa shape index (κ1) is 21.8. The van der Waals surface area contributed by atoms with Gasteiger partial charge >= 0.3 is 0 Å². The number of hydrogen-bond acceptors (Lipinski definition) is 3. The molecule has 4 atom stereocenters. The van der Waals surface area contributed by atoms with Gasteiger partial charge in [-0.2, -0.15) is 0 Å². The van der Waals surface area contributed by atoms with Crippen LogP contribution in [0.4, 0.5) is 13.2 Å². The zero-order chi connectivity index (χ0) is 21.0. The van der Waals surface area contributed by atoms with E-state index in [0.717, 1.165) is 6.08 Å². The molecule has 29 heavy (non-hydrogen) atoms. The van der Waals surface area contributed by atoms with Crippen LogP contribution in [-0.4, -0.2) is 23.7 Å². The summed E-state index contributed by atoms with van der Waals surface area (Å²) in [6.45, 7) is 3.67. The average Bonchev–Trinajstić information content (AvgIpc) is 3.15. The highest BCUT2D eigenvalue weighted by Crippen LogP contribution is 2.45. The lowest BCUT2D eigenvalue weighted by Crippen LogP contribution is -2.17. The quantitative estimate of drug-likeness (QED) is 0.509. The lowest BCUT2D eigenvalue weighted by atomic mass is 9.84. The number of allylic oxidation sites excluding steroid dienone is 6. The molecular formula is C23H26F3NOS. The first-order chi connectivity index (χ1) is 14.0. The van der Waals surface area contributed by atoms with E-state index in [1.165, 1.54) is 23.5 Å². The van der Waals surface area contributed by atoms with Crippen LogP contribution in [0.5, 0.6) is 0 Å². The summed E-state index contributed by atoms with van der Waals surface area (Å²) in [5.74, 6) is -1.37. The number of aliphatic imine (C=N–C) groups is 1. The van der Waals surface area contributed by atoms with Gasteiger partial charge in [-0.25, -0.2) is 13.2 Å². The Balaban J connectivity index is 2.12. The van der Waals surface area contributed by atoms with Gasteiger partial charge in [0.2, 0.25) is 0 Å². The maximum absolute atomic E-state index is 14.9. The van der Waals surface area contributed by atoms with Gasteiger partial charge in [0.15, 0.2) is 0 Å². The molecule has 2 nitrogen and oxygen atoms in total. The third-order valence-electron chi connectivity index (χ3n) is 5.32. The lowest BCUT2D eigenvalue weighted by Gasteiger charge is -2.24. The SMILES string of the molecule is C/C=C(/c1scc(C2C=C(F)C=CC2F)c1C(O)C1=CN=CCC1)C(F)CCC. The van der Waals surface area contributed by atoms with Gasteiger partial charge < -0.3 is 5.11 Å². The summed E-state index contributed by atoms with van der Waals surface area (Å²) in [5.41, 5.74) is 2.16. The van der Waals surface area contributed by atoms with Gasteiger partial charge in [0.05, 0.1) is 0 Å². The van der Waals surface area contributed by atoms with Crippen molar-refractivity contribution in [2.24, 2.45) is 4.99 Å². The Hall–Kier alpha value is -1.92. The zero-order valence-corrected chi connectivity index (χ0v) is 17.4. The summed E-state index contributed by atoms with van der Waals surface area (Å²) >= 11 is 1.28. The van der Waals surface area contributed by atoms with Gasteiger partial charge in [-0.3, -0.25) is 4.99 Å². The standard InChI is InChI=1S/C23H26F3NOS/c1-3-6-19(25)16(4-2)23-21(22(28)14-7-5-10-27-12-14)18(13-29-23)17-11-15(24)8-9-20(17)26/h4,8-13,17,19-20,22,28H,3,5-7H2,1-2H3/b16-4+. The normalized spacial score (nSPS) is 24.3. The molecule has 0 saturated heterocycles. The molecule has 0 saturated carbocycles. The van der Waals surface area contributed by atoms with E-state index in [9.17, 15) is 18.3 Å². The Kier molecular flexibility index (Phi) is 7.30. The molecule has 6 heteroatoms. The van der Waals surface area contributed by atoms with Gasteiger partial charge in [-0.1, -0.05) is 19.4 Å². The van der Waals surface area contributed by atoms with Crippen molar-refractivity contribution in [3.8, 4) is 0 Å². The average molecular weight is 422 g/mol. The minimum Gasteiger partial charge on any atom is -0.384 e. The van der Waals surface area contributed by atoms with E-state index in [-0.39, 0.29) is 0 Å². The van der Waals surface area contributed by atoms with Crippen molar-refractivity contribution in [2.45, 2.75) is 63.9 Å². The van der Waals surface area contributed by atoms with E-state index in [0.29, 0.717) is 52.8 Å². The third kappa shape index (κ3) is 4.64. The maximum Gasteiger partial charge on any atom is 0.129 e. The van der Waals surface area contributed by atoms with Gasteiger partial charge in [-0.05, 0) is 66.5 Å². The van der Waals surface area contributed by atoms with Crippen molar-refractivity contribution < 1.29 is 18.3 Å². The van der Waals surface area contributed by atoms with Crippen LogP contribution < -0.4 is 0 Å². The number of aliphatic hydroxyl groups is 1. The first-order valence-corrected chi connectivity index (χ1v) is 10.9. The van der Waals surface area contributed by atoms with Crippen molar-refractivity contribution >= 4 is 23.1 Å². The molecule has 1 aliphatic carbocycles. The maximum atomic E-state index is 14.9. The fraction of sp³-hybridized carbons (Fsp3) is 0.435. The molecule has 0 bridgehead atoms. The number of thiophene rings is 1. The molecule has 3 rings (SSSR count). The fourth-order valence-corrected chi connectivity index (χ4v) is 5.07. The molecule has 0 radical (unpaired) electrons. The zero-order valence-electron chi connectivity index (χ0n) is 16.6. The smallest absolute Gasteiger partial charge is 0.129 e. The first-order valence-electron chi connectivity index (χ1n) is 9.98. The molecule has 4 unspecified atom stereocenters. The summed E-state index contributed by atoms with van der Waals surface area (Å²) < 4.78 is 43.4. The third-order valence-corrected chi connectivity index (χ3v) is 6.39. The Morgan fingerprint density at radius 3 is 2.90 bits per heavy atom. The van der Waals surface area contributed by atoms with E-state index >= 15 is 0 Å². The van der Waals surface area contributed by atoms with Crippen LogP contribution in [-0.2, 0) is 0 Å². The summed E-state index contributed by atoms with van der Waals surface area (Å²) in [6.07, 6.45) is 7.34. The molecule has 2 heterocycles.